The van der Waals surface area contributed by atoms with Crippen LogP contribution in [0.4, 0.5) is 0 Å². The quantitative estimate of drug-likeness (QED) is 0.199. The van der Waals surface area contributed by atoms with E-state index < -0.39 is 0 Å². The van der Waals surface area contributed by atoms with E-state index in [-0.39, 0.29) is 5.41 Å². The van der Waals surface area contributed by atoms with Crippen LogP contribution in [0.5, 0.6) is 0 Å². The van der Waals surface area contributed by atoms with Crippen LogP contribution >= 0.6 is 0 Å². The molecule has 0 amide bonds. The minimum atomic E-state index is 0.0428. The zero-order valence-electron chi connectivity index (χ0n) is 30.8. The number of aromatic nitrogens is 1. The van der Waals surface area contributed by atoms with Crippen LogP contribution < -0.4 is 10.7 Å². The second kappa shape index (κ2) is 12.7. The standard InChI is InChI=1S/C48H45N3/c1-8-36-29(3)40-25-33-24-34(39-23-21-35(48(5,6)7)20-22-38(33)39)26-41-30(4)37(9-2)43(50-41)28-45-47(32-18-14-11-15-19-32)46(31-16-12-10-13-17-31)44(51-45)27-42(36)49-40/h10-28,51H,8-9H2,1-7H3. The van der Waals surface area contributed by atoms with Crippen molar-refractivity contribution < 1.29 is 0 Å². The Bertz CT molecular complexity index is 2340. The summed E-state index contributed by atoms with van der Waals surface area (Å²) in [6, 6.07) is 33.0. The van der Waals surface area contributed by atoms with Crippen LogP contribution in [0.25, 0.3) is 57.7 Å². The number of H-pyrrole nitrogens is 1. The Kier molecular flexibility index (Phi) is 8.10. The lowest BCUT2D eigenvalue weighted by Gasteiger charge is -2.17. The van der Waals surface area contributed by atoms with Gasteiger partial charge in [0.25, 0.3) is 0 Å². The van der Waals surface area contributed by atoms with Crippen molar-refractivity contribution in [2.45, 2.75) is 66.7 Å². The molecule has 0 atom stereocenters. The SMILES string of the molecule is CCC1=C(C)C2=Cc3cc(c4ccc(C(C)(C)C)ccc3-4)C=C3N=C(C=c4[nH]c(c(-c5ccccc5)c4-c4ccccc4)=CC1=N2)C(CC)=C3C. The smallest absolute Gasteiger partial charge is 0.0693 e. The molecule has 0 unspecified atom stereocenters. The molecule has 1 aromatic heterocycles. The van der Waals surface area contributed by atoms with Gasteiger partial charge in [-0.3, -0.25) is 0 Å². The summed E-state index contributed by atoms with van der Waals surface area (Å²) in [7, 11) is 0. The van der Waals surface area contributed by atoms with Crippen LogP contribution in [0, 0.1) is 0 Å². The number of hydrogen-bond acceptors (Lipinski definition) is 2. The van der Waals surface area contributed by atoms with E-state index in [0.29, 0.717) is 0 Å². The molecule has 3 aromatic rings. The summed E-state index contributed by atoms with van der Waals surface area (Å²) in [4.78, 5) is 14.7. The molecule has 252 valence electrons. The van der Waals surface area contributed by atoms with Gasteiger partial charge in [0.15, 0.2) is 0 Å². The highest BCUT2D eigenvalue weighted by Crippen LogP contribution is 2.40. The van der Waals surface area contributed by atoms with Gasteiger partial charge in [0, 0.05) is 21.8 Å². The van der Waals surface area contributed by atoms with Gasteiger partial charge in [0.05, 0.1) is 22.8 Å². The van der Waals surface area contributed by atoms with Gasteiger partial charge in [-0.05, 0) is 124 Å². The second-order valence-electron chi connectivity index (χ2n) is 14.9. The Morgan fingerprint density at radius 2 is 0.980 bits per heavy atom. The minimum Gasteiger partial charge on any atom is -0.354 e. The van der Waals surface area contributed by atoms with Gasteiger partial charge in [-0.2, -0.15) is 0 Å². The van der Waals surface area contributed by atoms with Gasteiger partial charge >= 0.3 is 0 Å². The number of aliphatic imine (C=N–C) groups is 2. The van der Waals surface area contributed by atoms with E-state index in [1.807, 2.05) is 0 Å². The van der Waals surface area contributed by atoms with Crippen molar-refractivity contribution >= 4 is 35.7 Å². The summed E-state index contributed by atoms with van der Waals surface area (Å²) in [5.74, 6) is 0. The van der Waals surface area contributed by atoms with Gasteiger partial charge in [0.1, 0.15) is 0 Å². The van der Waals surface area contributed by atoms with E-state index >= 15 is 0 Å². The lowest BCUT2D eigenvalue weighted by atomic mass is 9.88. The molecule has 51 heavy (non-hydrogen) atoms. The Labute approximate surface area is 302 Å². The predicted octanol–water partition coefficient (Wildman–Crippen LogP) is 11.1. The zero-order chi connectivity index (χ0) is 35.4. The van der Waals surface area contributed by atoms with E-state index in [1.54, 1.807) is 0 Å². The third-order valence-corrected chi connectivity index (χ3v) is 10.8. The van der Waals surface area contributed by atoms with Gasteiger partial charge in [-0.15, -0.1) is 0 Å². The summed E-state index contributed by atoms with van der Waals surface area (Å²) in [6.07, 6.45) is 10.9. The van der Waals surface area contributed by atoms with Gasteiger partial charge in [-0.1, -0.05) is 120 Å². The van der Waals surface area contributed by atoms with Gasteiger partial charge < -0.3 is 4.98 Å². The Hall–Kier alpha value is -5.54. The van der Waals surface area contributed by atoms with E-state index in [4.69, 9.17) is 9.98 Å². The molecule has 0 saturated heterocycles. The summed E-state index contributed by atoms with van der Waals surface area (Å²) in [5.41, 5.74) is 19.9. The monoisotopic (exact) mass is 663 g/mol. The fourth-order valence-corrected chi connectivity index (χ4v) is 7.95. The highest BCUT2D eigenvalue weighted by Gasteiger charge is 2.25. The molecule has 5 aliphatic rings. The third kappa shape index (κ3) is 5.71. The number of allylic oxidation sites excluding steroid dienone is 4. The van der Waals surface area contributed by atoms with E-state index in [1.165, 1.54) is 72.4 Å². The molecule has 8 bridgehead atoms. The highest BCUT2D eigenvalue weighted by molar-refractivity contribution is 6.25. The molecule has 8 rings (SSSR count). The van der Waals surface area contributed by atoms with Gasteiger partial charge in [0.2, 0.25) is 0 Å². The third-order valence-electron chi connectivity index (χ3n) is 10.8. The van der Waals surface area contributed by atoms with Crippen molar-refractivity contribution in [3.05, 3.63) is 152 Å². The first-order valence-electron chi connectivity index (χ1n) is 18.3. The summed E-state index contributed by atoms with van der Waals surface area (Å²) in [5, 5.41) is 2.10. The van der Waals surface area contributed by atoms with E-state index in [0.717, 1.165) is 46.4 Å². The number of benzene rings is 2. The van der Waals surface area contributed by atoms with Crippen LogP contribution in [0.1, 0.15) is 78.0 Å². The lowest BCUT2D eigenvalue weighted by Crippen LogP contribution is -2.15. The number of rotatable bonds is 4. The molecule has 0 saturated carbocycles. The first-order valence-corrected chi connectivity index (χ1v) is 18.3. The Morgan fingerprint density at radius 1 is 0.549 bits per heavy atom. The second-order valence-corrected chi connectivity index (χ2v) is 14.9. The topological polar surface area (TPSA) is 40.5 Å². The maximum Gasteiger partial charge on any atom is 0.0693 e. The van der Waals surface area contributed by atoms with Crippen molar-refractivity contribution in [3.63, 3.8) is 0 Å². The van der Waals surface area contributed by atoms with Crippen LogP contribution in [0.2, 0.25) is 0 Å². The van der Waals surface area contributed by atoms with E-state index in [2.05, 4.69) is 169 Å². The largest absolute Gasteiger partial charge is 0.354 e. The molecular formula is C48H45N3. The molecule has 3 heteroatoms. The average molecular weight is 664 g/mol. The van der Waals surface area contributed by atoms with Crippen molar-refractivity contribution in [1.82, 2.24) is 4.98 Å². The number of fused-ring (bicyclic) bond motifs is 9. The Morgan fingerprint density at radius 3 is 1.37 bits per heavy atom. The molecule has 2 aliphatic carbocycles. The van der Waals surface area contributed by atoms with Crippen molar-refractivity contribution in [2.24, 2.45) is 9.98 Å². The molecule has 1 N–H and O–H groups in total. The van der Waals surface area contributed by atoms with Crippen LogP contribution in [0.3, 0.4) is 0 Å². The molecule has 4 heterocycles. The molecule has 3 aliphatic heterocycles. The fraction of sp³-hybridized carbons (Fsp3) is 0.208. The number of aromatic amines is 1. The Balaban J connectivity index is 1.50. The highest BCUT2D eigenvalue weighted by atomic mass is 14.8. The molecular weight excluding hydrogens is 619 g/mol. The first-order chi connectivity index (χ1) is 24.6. The first kappa shape index (κ1) is 32.7. The number of nitrogens with zero attached hydrogens (tertiary/aromatic N) is 2. The average Bonchev–Trinajstić information content (AvgIpc) is 3.75. The molecule has 3 nitrogen and oxygen atoms in total. The number of nitrogens with one attached hydrogen (secondary N) is 1. The van der Waals surface area contributed by atoms with Crippen molar-refractivity contribution in [1.29, 1.82) is 0 Å². The fourth-order valence-electron chi connectivity index (χ4n) is 7.95. The lowest BCUT2D eigenvalue weighted by molar-refractivity contribution is 0.591. The van der Waals surface area contributed by atoms with Crippen molar-refractivity contribution in [3.8, 4) is 33.4 Å². The number of hydrogen-bond donors (Lipinski definition) is 1. The maximum absolute atomic E-state index is 5.38. The summed E-state index contributed by atoms with van der Waals surface area (Å²) in [6.45, 7) is 15.8. The molecule has 0 radical (unpaired) electrons. The van der Waals surface area contributed by atoms with Crippen LogP contribution in [-0.2, 0) is 5.41 Å². The molecule has 0 spiro atoms. The predicted molar refractivity (Wildman–Crippen MR) is 218 cm³/mol. The van der Waals surface area contributed by atoms with Gasteiger partial charge in [-0.25, -0.2) is 9.98 Å². The van der Waals surface area contributed by atoms with Crippen molar-refractivity contribution in [2.75, 3.05) is 0 Å². The summed E-state index contributed by atoms with van der Waals surface area (Å²) < 4.78 is 0. The van der Waals surface area contributed by atoms with E-state index in [9.17, 15) is 0 Å². The van der Waals surface area contributed by atoms with Crippen LogP contribution in [-0.4, -0.2) is 16.4 Å². The molecule has 0 fully saturated rings. The van der Waals surface area contributed by atoms with Crippen LogP contribution in [0.15, 0.2) is 135 Å². The maximum atomic E-state index is 5.38. The summed E-state index contributed by atoms with van der Waals surface area (Å²) >= 11 is 0. The minimum absolute atomic E-state index is 0.0428. The molecule has 2 aromatic carbocycles. The normalized spacial score (nSPS) is 15.7. The zero-order valence-corrected chi connectivity index (χ0v) is 30.8.